The quantitative estimate of drug-likeness (QED) is 0.0813. The Labute approximate surface area is 239 Å². The smallest absolute Gasteiger partial charge is 0.308 e. The minimum atomic E-state index is -0.253. The van der Waals surface area contributed by atoms with Crippen LogP contribution in [0.5, 0.6) is 0 Å². The predicted molar refractivity (Wildman–Crippen MR) is 144 cm³/mol. The molecule has 0 radical (unpaired) electrons. The van der Waals surface area contributed by atoms with Gasteiger partial charge in [0.05, 0.1) is 132 Å². The summed E-state index contributed by atoms with van der Waals surface area (Å²) in [4.78, 5) is 22.3. The van der Waals surface area contributed by atoms with Gasteiger partial charge in [-0.25, -0.2) is 0 Å². The number of ether oxygens (including phenoxy) is 11. The largest absolute Gasteiger partial charge is 0.466 e. The molecule has 0 aromatic carbocycles. The summed E-state index contributed by atoms with van der Waals surface area (Å²) in [5.74, 6) is -0.444. The highest BCUT2D eigenvalue weighted by atomic mass is 16.6. The van der Waals surface area contributed by atoms with Crippen molar-refractivity contribution < 1.29 is 61.7 Å². The summed E-state index contributed by atoms with van der Waals surface area (Å²) in [6, 6.07) is 0. The van der Waals surface area contributed by atoms with Crippen molar-refractivity contribution >= 4 is 11.9 Å². The maximum absolute atomic E-state index is 11.2. The predicted octanol–water partition coefficient (Wildman–Crippen LogP) is 1.43. The molecule has 0 atom stereocenters. The molecule has 0 rings (SSSR count). The van der Waals surface area contributed by atoms with Gasteiger partial charge in [-0.2, -0.15) is 0 Å². The Morgan fingerprint density at radius 1 is 0.350 bits per heavy atom. The van der Waals surface area contributed by atoms with E-state index in [-0.39, 0.29) is 25.0 Å². The Balaban J connectivity index is 3.07. The van der Waals surface area contributed by atoms with Crippen LogP contribution in [0.3, 0.4) is 0 Å². The van der Waals surface area contributed by atoms with E-state index >= 15 is 0 Å². The van der Waals surface area contributed by atoms with Crippen LogP contribution in [0, 0.1) is 0 Å². The molecule has 0 fully saturated rings. The highest BCUT2D eigenvalue weighted by molar-refractivity contribution is 5.69. The average Bonchev–Trinajstić information content (AvgIpc) is 2.94. The third-order valence-electron chi connectivity index (χ3n) is 4.68. The number of esters is 2. The Morgan fingerprint density at radius 2 is 0.625 bits per heavy atom. The van der Waals surface area contributed by atoms with Crippen LogP contribution in [0.25, 0.3) is 0 Å². The molecule has 13 heteroatoms. The summed E-state index contributed by atoms with van der Waals surface area (Å²) in [5, 5.41) is 0. The van der Waals surface area contributed by atoms with Gasteiger partial charge >= 0.3 is 11.9 Å². The van der Waals surface area contributed by atoms with Crippen LogP contribution >= 0.6 is 0 Å². The molecule has 238 valence electrons. The Bertz CT molecular complexity index is 491. The molecule has 0 aliphatic carbocycles. The summed E-state index contributed by atoms with van der Waals surface area (Å²) < 4.78 is 58.3. The fourth-order valence-corrected chi connectivity index (χ4v) is 2.74. The summed E-state index contributed by atoms with van der Waals surface area (Å²) in [6.07, 6.45) is 1.48. The normalized spacial score (nSPS) is 11.2. The molecule has 0 heterocycles. The minimum absolute atomic E-state index is 0.191. The van der Waals surface area contributed by atoms with Crippen LogP contribution in [-0.2, 0) is 61.7 Å². The van der Waals surface area contributed by atoms with Crippen LogP contribution in [0.1, 0.15) is 33.1 Å². The summed E-state index contributed by atoms with van der Waals surface area (Å²) >= 11 is 0. The van der Waals surface area contributed by atoms with Gasteiger partial charge in [0.2, 0.25) is 0 Å². The molecule has 0 bridgehead atoms. The molecule has 0 aromatic heterocycles. The van der Waals surface area contributed by atoms with E-state index in [1.165, 1.54) is 0 Å². The lowest BCUT2D eigenvalue weighted by molar-refractivity contribution is -0.146. The first kappa shape index (κ1) is 38.6. The van der Waals surface area contributed by atoms with Gasteiger partial charge in [0.25, 0.3) is 0 Å². The van der Waals surface area contributed by atoms with E-state index in [1.807, 2.05) is 6.92 Å². The molecule has 0 aliphatic heterocycles. The highest BCUT2D eigenvalue weighted by Gasteiger charge is 2.01. The second-order valence-electron chi connectivity index (χ2n) is 8.04. The van der Waals surface area contributed by atoms with Crippen molar-refractivity contribution in [3.63, 3.8) is 0 Å². The second-order valence-corrected chi connectivity index (χ2v) is 8.04. The standard InChI is InChI=1S/C27H52O13/c1-3-5-26(28)40-25-24-38-23-22-37-21-20-36-19-18-35-17-16-34-15-14-33-13-12-32-11-10-31-9-8-30-7-6-27(29)39-4-2/h3-25H2,1-2H3. The van der Waals surface area contributed by atoms with Crippen LogP contribution < -0.4 is 0 Å². The molecule has 0 spiro atoms. The van der Waals surface area contributed by atoms with Crippen molar-refractivity contribution in [3.05, 3.63) is 0 Å². The van der Waals surface area contributed by atoms with E-state index in [9.17, 15) is 9.59 Å². The van der Waals surface area contributed by atoms with Crippen molar-refractivity contribution in [3.8, 4) is 0 Å². The van der Waals surface area contributed by atoms with Crippen molar-refractivity contribution in [2.24, 2.45) is 0 Å². The maximum atomic E-state index is 11.2. The summed E-state index contributed by atoms with van der Waals surface area (Å²) in [6.45, 7) is 12.7. The van der Waals surface area contributed by atoms with Gasteiger partial charge in [0.15, 0.2) is 0 Å². The van der Waals surface area contributed by atoms with Gasteiger partial charge in [-0.3, -0.25) is 9.59 Å². The van der Waals surface area contributed by atoms with E-state index in [4.69, 9.17) is 52.1 Å². The van der Waals surface area contributed by atoms with Crippen LogP contribution in [0.2, 0.25) is 0 Å². The molecule has 0 saturated carbocycles. The van der Waals surface area contributed by atoms with Gasteiger partial charge < -0.3 is 52.1 Å². The van der Waals surface area contributed by atoms with Crippen LogP contribution in [-0.4, -0.2) is 144 Å². The lowest BCUT2D eigenvalue weighted by atomic mass is 10.3. The fraction of sp³-hybridized carbons (Fsp3) is 0.926. The molecular weight excluding hydrogens is 532 g/mol. The monoisotopic (exact) mass is 584 g/mol. The molecule has 40 heavy (non-hydrogen) atoms. The number of rotatable bonds is 33. The summed E-state index contributed by atoms with van der Waals surface area (Å²) in [7, 11) is 0. The molecule has 0 amide bonds. The SMILES string of the molecule is CCCC(=O)OCCOCCOCCOCCOCCOCCOCCOCCOCCOCCC(=O)OCC. The zero-order valence-corrected chi connectivity index (χ0v) is 24.6. The third-order valence-corrected chi connectivity index (χ3v) is 4.68. The zero-order chi connectivity index (χ0) is 29.2. The van der Waals surface area contributed by atoms with Crippen molar-refractivity contribution in [1.82, 2.24) is 0 Å². The molecule has 0 aliphatic rings. The molecule has 13 nitrogen and oxygen atoms in total. The van der Waals surface area contributed by atoms with Crippen molar-refractivity contribution in [2.45, 2.75) is 33.1 Å². The second kappa shape index (κ2) is 33.8. The van der Waals surface area contributed by atoms with E-state index in [0.29, 0.717) is 132 Å². The number of carbonyl (C=O) groups is 2. The maximum Gasteiger partial charge on any atom is 0.308 e. The van der Waals surface area contributed by atoms with Gasteiger partial charge in [-0.1, -0.05) is 6.92 Å². The Hall–Kier alpha value is -1.42. The van der Waals surface area contributed by atoms with E-state index in [0.717, 1.165) is 6.42 Å². The summed E-state index contributed by atoms with van der Waals surface area (Å²) in [5.41, 5.74) is 0. The first-order chi connectivity index (χ1) is 19.7. The van der Waals surface area contributed by atoms with Crippen molar-refractivity contribution in [1.29, 1.82) is 0 Å². The number of hydrogen-bond donors (Lipinski definition) is 0. The molecule has 0 aromatic rings. The molecule has 0 unspecified atom stereocenters. The Morgan fingerprint density at radius 3 is 0.925 bits per heavy atom. The van der Waals surface area contributed by atoms with E-state index in [2.05, 4.69) is 0 Å². The zero-order valence-electron chi connectivity index (χ0n) is 24.6. The van der Waals surface area contributed by atoms with Gasteiger partial charge in [-0.05, 0) is 13.3 Å². The van der Waals surface area contributed by atoms with E-state index in [1.54, 1.807) is 6.92 Å². The lowest BCUT2D eigenvalue weighted by Gasteiger charge is -2.09. The average molecular weight is 585 g/mol. The number of carbonyl (C=O) groups excluding carboxylic acids is 2. The first-order valence-corrected chi connectivity index (χ1v) is 14.2. The lowest BCUT2D eigenvalue weighted by Crippen LogP contribution is -2.15. The van der Waals surface area contributed by atoms with Crippen molar-refractivity contribution in [2.75, 3.05) is 132 Å². The topological polar surface area (TPSA) is 136 Å². The van der Waals surface area contributed by atoms with Gasteiger partial charge in [0, 0.05) is 6.42 Å². The minimum Gasteiger partial charge on any atom is -0.466 e. The molecule has 0 N–H and O–H groups in total. The van der Waals surface area contributed by atoms with Gasteiger partial charge in [0.1, 0.15) is 6.61 Å². The third kappa shape index (κ3) is 32.8. The first-order valence-electron chi connectivity index (χ1n) is 14.2. The van der Waals surface area contributed by atoms with Gasteiger partial charge in [-0.15, -0.1) is 0 Å². The highest BCUT2D eigenvalue weighted by Crippen LogP contribution is 1.92. The fourth-order valence-electron chi connectivity index (χ4n) is 2.74. The number of hydrogen-bond acceptors (Lipinski definition) is 13. The Kier molecular flexibility index (Phi) is 32.6. The van der Waals surface area contributed by atoms with E-state index < -0.39 is 0 Å². The molecule has 0 saturated heterocycles. The van der Waals surface area contributed by atoms with Crippen LogP contribution in [0.15, 0.2) is 0 Å². The molecular formula is C27H52O13. The van der Waals surface area contributed by atoms with Crippen LogP contribution in [0.4, 0.5) is 0 Å².